The Kier molecular flexibility index (Phi) is 7.39. The number of ether oxygens (including phenoxy) is 2. The summed E-state index contributed by atoms with van der Waals surface area (Å²) in [4.78, 5) is 32.2. The van der Waals surface area contributed by atoms with Crippen LogP contribution in [0.3, 0.4) is 0 Å². The van der Waals surface area contributed by atoms with E-state index < -0.39 is 0 Å². The lowest BCUT2D eigenvalue weighted by atomic mass is 10.1. The first-order valence-electron chi connectivity index (χ1n) is 11.8. The van der Waals surface area contributed by atoms with Crippen LogP contribution < -0.4 is 14.8 Å². The fraction of sp³-hybridized carbons (Fsp3) is 0.370. The summed E-state index contributed by atoms with van der Waals surface area (Å²) in [6, 6.07) is 15.1. The van der Waals surface area contributed by atoms with Gasteiger partial charge in [-0.05, 0) is 55.2 Å². The highest BCUT2D eigenvalue weighted by Gasteiger charge is 2.34. The van der Waals surface area contributed by atoms with Crippen molar-refractivity contribution >= 4 is 17.8 Å². The molecule has 0 atom stereocenters. The van der Waals surface area contributed by atoms with E-state index in [1.165, 1.54) is 0 Å². The summed E-state index contributed by atoms with van der Waals surface area (Å²) in [5, 5.41) is 2.93. The van der Waals surface area contributed by atoms with Crippen LogP contribution in [0, 0.1) is 11.8 Å². The lowest BCUT2D eigenvalue weighted by molar-refractivity contribution is -0.136. The Hall–Kier alpha value is -3.81. The van der Waals surface area contributed by atoms with E-state index in [0.29, 0.717) is 18.2 Å². The molecule has 3 aromatic rings. The number of carbonyl (C=O) groups excluding carboxylic acids is 2. The van der Waals surface area contributed by atoms with Crippen molar-refractivity contribution in [2.24, 2.45) is 11.8 Å². The Bertz CT molecular complexity index is 1180. The molecule has 1 aliphatic carbocycles. The smallest absolute Gasteiger partial charge is 0.246 e. The fourth-order valence-electron chi connectivity index (χ4n) is 3.93. The number of imidazole rings is 1. The standard InChI is InChI=1S/C27H32N4O4/c1-18(2)15-30(26(33)19-8-9-19)17-25(32)29-27-28-24(20-6-5-7-23(14-20)35-4)16-31(27)21-10-12-22(34-3)13-11-21/h5-7,10-14,16,18-19H,8-9,15,17H2,1-4H3,(H,28,29,32). The van der Waals surface area contributed by atoms with Crippen LogP contribution in [-0.4, -0.2) is 53.6 Å². The molecule has 4 rings (SSSR count). The molecule has 184 valence electrons. The van der Waals surface area contributed by atoms with Crippen molar-refractivity contribution in [1.82, 2.24) is 14.5 Å². The van der Waals surface area contributed by atoms with Crippen LogP contribution in [0.4, 0.5) is 5.95 Å². The molecule has 0 bridgehead atoms. The first-order valence-corrected chi connectivity index (χ1v) is 11.8. The number of hydrogen-bond acceptors (Lipinski definition) is 5. The minimum absolute atomic E-state index is 0.00250. The zero-order valence-electron chi connectivity index (χ0n) is 20.7. The lowest BCUT2D eigenvalue weighted by Gasteiger charge is -2.24. The maximum atomic E-state index is 13.1. The minimum atomic E-state index is -0.280. The third-order valence-corrected chi connectivity index (χ3v) is 5.83. The van der Waals surface area contributed by atoms with Gasteiger partial charge in [0.2, 0.25) is 17.8 Å². The highest BCUT2D eigenvalue weighted by Crippen LogP contribution is 2.31. The van der Waals surface area contributed by atoms with Crippen LogP contribution in [0.5, 0.6) is 11.5 Å². The van der Waals surface area contributed by atoms with Gasteiger partial charge >= 0.3 is 0 Å². The maximum absolute atomic E-state index is 13.1. The number of methoxy groups -OCH3 is 2. The third kappa shape index (κ3) is 6.01. The molecule has 2 aromatic carbocycles. The van der Waals surface area contributed by atoms with Crippen molar-refractivity contribution in [3.63, 3.8) is 0 Å². The summed E-state index contributed by atoms with van der Waals surface area (Å²) < 4.78 is 12.5. The monoisotopic (exact) mass is 476 g/mol. The van der Waals surface area contributed by atoms with E-state index >= 15 is 0 Å². The SMILES string of the molecule is COc1ccc(-n2cc(-c3cccc(OC)c3)nc2NC(=O)CN(CC(C)C)C(=O)C2CC2)cc1. The first-order chi connectivity index (χ1) is 16.9. The van der Waals surface area contributed by atoms with Gasteiger partial charge in [0.15, 0.2) is 0 Å². The Labute approximate surface area is 205 Å². The van der Waals surface area contributed by atoms with Gasteiger partial charge in [-0.3, -0.25) is 19.5 Å². The molecule has 8 nitrogen and oxygen atoms in total. The summed E-state index contributed by atoms with van der Waals surface area (Å²) in [6.45, 7) is 4.63. The van der Waals surface area contributed by atoms with E-state index in [0.717, 1.165) is 35.6 Å². The van der Waals surface area contributed by atoms with Crippen molar-refractivity contribution in [2.45, 2.75) is 26.7 Å². The molecule has 0 unspecified atom stereocenters. The predicted molar refractivity (Wildman–Crippen MR) is 135 cm³/mol. The van der Waals surface area contributed by atoms with Crippen LogP contribution in [0.1, 0.15) is 26.7 Å². The Morgan fingerprint density at radius 1 is 1.09 bits per heavy atom. The Morgan fingerprint density at radius 2 is 1.80 bits per heavy atom. The molecular weight excluding hydrogens is 444 g/mol. The van der Waals surface area contributed by atoms with Gasteiger partial charge in [-0.25, -0.2) is 4.98 Å². The van der Waals surface area contributed by atoms with Crippen LogP contribution >= 0.6 is 0 Å². The molecule has 1 aliphatic rings. The Morgan fingerprint density at radius 3 is 2.43 bits per heavy atom. The van der Waals surface area contributed by atoms with Crippen LogP contribution in [0.25, 0.3) is 16.9 Å². The van der Waals surface area contributed by atoms with Crippen LogP contribution in [-0.2, 0) is 9.59 Å². The van der Waals surface area contributed by atoms with E-state index in [9.17, 15) is 9.59 Å². The van der Waals surface area contributed by atoms with Crippen molar-refractivity contribution < 1.29 is 19.1 Å². The van der Waals surface area contributed by atoms with Crippen LogP contribution in [0.2, 0.25) is 0 Å². The molecule has 1 aromatic heterocycles. The zero-order valence-corrected chi connectivity index (χ0v) is 20.7. The minimum Gasteiger partial charge on any atom is -0.497 e. The quantitative estimate of drug-likeness (QED) is 0.469. The van der Waals surface area contributed by atoms with Gasteiger partial charge in [0.25, 0.3) is 0 Å². The van der Waals surface area contributed by atoms with Gasteiger partial charge in [-0.1, -0.05) is 26.0 Å². The number of benzene rings is 2. The van der Waals surface area contributed by atoms with Gasteiger partial charge in [0.1, 0.15) is 11.5 Å². The summed E-state index contributed by atoms with van der Waals surface area (Å²) in [5.41, 5.74) is 2.36. The fourth-order valence-corrected chi connectivity index (χ4v) is 3.93. The average Bonchev–Trinajstić information content (AvgIpc) is 3.63. The van der Waals surface area contributed by atoms with Gasteiger partial charge < -0.3 is 14.4 Å². The number of rotatable bonds is 10. The van der Waals surface area contributed by atoms with Crippen LogP contribution in [0.15, 0.2) is 54.7 Å². The third-order valence-electron chi connectivity index (χ3n) is 5.83. The molecule has 1 N–H and O–H groups in total. The van der Waals surface area contributed by atoms with E-state index in [1.807, 2.05) is 73.1 Å². The number of aromatic nitrogens is 2. The Balaban J connectivity index is 1.62. The number of carbonyl (C=O) groups is 2. The second kappa shape index (κ2) is 10.6. The van der Waals surface area contributed by atoms with E-state index in [2.05, 4.69) is 5.32 Å². The summed E-state index contributed by atoms with van der Waals surface area (Å²) in [7, 11) is 3.23. The van der Waals surface area contributed by atoms with Crippen molar-refractivity contribution in [2.75, 3.05) is 32.6 Å². The average molecular weight is 477 g/mol. The molecule has 1 fully saturated rings. The molecule has 0 aliphatic heterocycles. The molecular formula is C27H32N4O4. The molecule has 1 saturated carbocycles. The number of nitrogens with zero attached hydrogens (tertiary/aromatic N) is 3. The summed E-state index contributed by atoms with van der Waals surface area (Å²) >= 11 is 0. The van der Waals surface area contributed by atoms with Crippen molar-refractivity contribution in [3.8, 4) is 28.4 Å². The van der Waals surface area contributed by atoms with E-state index in [4.69, 9.17) is 14.5 Å². The second-order valence-corrected chi connectivity index (χ2v) is 9.18. The largest absolute Gasteiger partial charge is 0.497 e. The predicted octanol–water partition coefficient (Wildman–Crippen LogP) is 4.39. The number of nitrogens with one attached hydrogen (secondary N) is 1. The molecule has 35 heavy (non-hydrogen) atoms. The van der Waals surface area contributed by atoms with Gasteiger partial charge in [-0.2, -0.15) is 0 Å². The summed E-state index contributed by atoms with van der Waals surface area (Å²) in [5.74, 6) is 1.93. The van der Waals surface area contributed by atoms with Gasteiger partial charge in [0.05, 0.1) is 26.5 Å². The van der Waals surface area contributed by atoms with Crippen molar-refractivity contribution in [1.29, 1.82) is 0 Å². The molecule has 0 saturated heterocycles. The lowest BCUT2D eigenvalue weighted by Crippen LogP contribution is -2.41. The number of amides is 2. The first kappa shape index (κ1) is 24.3. The van der Waals surface area contributed by atoms with Gasteiger partial charge in [-0.15, -0.1) is 0 Å². The van der Waals surface area contributed by atoms with Gasteiger partial charge in [0, 0.05) is 29.9 Å². The maximum Gasteiger partial charge on any atom is 0.246 e. The normalized spacial score (nSPS) is 12.9. The van der Waals surface area contributed by atoms with E-state index in [-0.39, 0.29) is 30.2 Å². The van der Waals surface area contributed by atoms with Crippen molar-refractivity contribution in [3.05, 3.63) is 54.7 Å². The number of anilines is 1. The molecule has 1 heterocycles. The molecule has 2 amide bonds. The molecule has 8 heteroatoms. The topological polar surface area (TPSA) is 85.7 Å². The second-order valence-electron chi connectivity index (χ2n) is 9.18. The highest BCUT2D eigenvalue weighted by molar-refractivity contribution is 5.94. The molecule has 0 radical (unpaired) electrons. The molecule has 0 spiro atoms. The summed E-state index contributed by atoms with van der Waals surface area (Å²) in [6.07, 6.45) is 3.68. The highest BCUT2D eigenvalue weighted by atomic mass is 16.5. The zero-order chi connectivity index (χ0) is 24.9. The van der Waals surface area contributed by atoms with E-state index in [1.54, 1.807) is 19.1 Å². The number of hydrogen-bond donors (Lipinski definition) is 1.